The predicted octanol–water partition coefficient (Wildman–Crippen LogP) is 0.0344. The zero-order chi connectivity index (χ0) is 16.2. The van der Waals surface area contributed by atoms with E-state index in [9.17, 15) is 17.6 Å². The van der Waals surface area contributed by atoms with Crippen molar-refractivity contribution in [1.29, 1.82) is 0 Å². The molecule has 1 unspecified atom stereocenters. The van der Waals surface area contributed by atoms with Crippen LogP contribution in [0, 0.1) is 5.82 Å². The van der Waals surface area contributed by atoms with Crippen LogP contribution in [0.25, 0.3) is 0 Å². The second kappa shape index (κ2) is 6.58. The second-order valence-corrected chi connectivity index (χ2v) is 5.97. The molecule has 0 fully saturated rings. The molecule has 1 atom stereocenters. The van der Waals surface area contributed by atoms with E-state index < -0.39 is 27.8 Å². The number of nitrogens with one attached hydrogen (secondary N) is 3. The lowest BCUT2D eigenvalue weighted by Gasteiger charge is -2.15. The molecule has 3 N–H and O–H groups in total. The molecule has 118 valence electrons. The van der Waals surface area contributed by atoms with Crippen molar-refractivity contribution in [2.24, 2.45) is 0 Å². The number of anilines is 1. The summed E-state index contributed by atoms with van der Waals surface area (Å²) in [4.78, 5) is 11.8. The predicted molar refractivity (Wildman–Crippen MR) is 73.6 cm³/mol. The van der Waals surface area contributed by atoms with Crippen LogP contribution in [0.1, 0.15) is 13.3 Å². The number of tetrazole rings is 1. The van der Waals surface area contributed by atoms with Crippen LogP contribution in [0.15, 0.2) is 29.2 Å². The Bertz CT molecular complexity index is 732. The van der Waals surface area contributed by atoms with Crippen LogP contribution in [0.3, 0.4) is 0 Å². The maximum atomic E-state index is 12.8. The van der Waals surface area contributed by atoms with Gasteiger partial charge >= 0.3 is 0 Å². The SMILES string of the molecule is CCC(NS(=O)(=O)c1ccc(F)cc1)C(=O)Nc1nn[nH]n1. The van der Waals surface area contributed by atoms with Crippen molar-refractivity contribution >= 4 is 21.9 Å². The Morgan fingerprint density at radius 3 is 2.59 bits per heavy atom. The van der Waals surface area contributed by atoms with Crippen LogP contribution in [0.4, 0.5) is 10.3 Å². The normalized spacial score (nSPS) is 12.8. The first-order valence-corrected chi connectivity index (χ1v) is 7.73. The number of benzene rings is 1. The van der Waals surface area contributed by atoms with Gasteiger partial charge in [-0.1, -0.05) is 12.0 Å². The molecule has 0 aliphatic carbocycles. The molecule has 1 aromatic carbocycles. The number of halogens is 1. The summed E-state index contributed by atoms with van der Waals surface area (Å²) >= 11 is 0. The summed E-state index contributed by atoms with van der Waals surface area (Å²) in [5.74, 6) is -1.25. The third-order valence-corrected chi connectivity index (χ3v) is 4.21. The lowest BCUT2D eigenvalue weighted by Crippen LogP contribution is -2.43. The highest BCUT2D eigenvalue weighted by atomic mass is 32.2. The first-order chi connectivity index (χ1) is 10.4. The zero-order valence-corrected chi connectivity index (χ0v) is 12.3. The van der Waals surface area contributed by atoms with Gasteiger partial charge in [0.2, 0.25) is 15.9 Å². The van der Waals surface area contributed by atoms with Crippen LogP contribution >= 0.6 is 0 Å². The summed E-state index contributed by atoms with van der Waals surface area (Å²) in [6.07, 6.45) is 0.199. The van der Waals surface area contributed by atoms with E-state index in [2.05, 4.69) is 30.7 Å². The first kappa shape index (κ1) is 16.0. The summed E-state index contributed by atoms with van der Waals surface area (Å²) in [6, 6.07) is 3.24. The van der Waals surface area contributed by atoms with Gasteiger partial charge in [-0.05, 0) is 35.9 Å². The van der Waals surface area contributed by atoms with E-state index in [1.807, 2.05) is 0 Å². The highest BCUT2D eigenvalue weighted by molar-refractivity contribution is 7.89. The van der Waals surface area contributed by atoms with Crippen LogP contribution in [-0.2, 0) is 14.8 Å². The van der Waals surface area contributed by atoms with Crippen molar-refractivity contribution in [2.45, 2.75) is 24.3 Å². The fourth-order valence-corrected chi connectivity index (χ4v) is 2.88. The number of hydrogen-bond acceptors (Lipinski definition) is 6. The molecule has 2 rings (SSSR count). The van der Waals surface area contributed by atoms with Gasteiger partial charge in [0.15, 0.2) is 0 Å². The molecule has 1 aromatic heterocycles. The Morgan fingerprint density at radius 1 is 1.36 bits per heavy atom. The van der Waals surface area contributed by atoms with Crippen molar-refractivity contribution < 1.29 is 17.6 Å². The molecule has 22 heavy (non-hydrogen) atoms. The Labute approximate surface area is 125 Å². The quantitative estimate of drug-likeness (QED) is 0.686. The van der Waals surface area contributed by atoms with E-state index in [0.29, 0.717) is 0 Å². The molecule has 1 amide bonds. The van der Waals surface area contributed by atoms with Crippen molar-refractivity contribution in [3.63, 3.8) is 0 Å². The third kappa shape index (κ3) is 3.83. The molecule has 0 radical (unpaired) electrons. The topological polar surface area (TPSA) is 130 Å². The van der Waals surface area contributed by atoms with E-state index in [0.717, 1.165) is 24.3 Å². The Hall–Kier alpha value is -2.40. The van der Waals surface area contributed by atoms with E-state index >= 15 is 0 Å². The number of carbonyl (C=O) groups is 1. The number of rotatable bonds is 6. The first-order valence-electron chi connectivity index (χ1n) is 6.24. The largest absolute Gasteiger partial charge is 0.290 e. The van der Waals surface area contributed by atoms with Gasteiger partial charge in [0, 0.05) is 0 Å². The number of amides is 1. The number of H-pyrrole nitrogens is 1. The van der Waals surface area contributed by atoms with Gasteiger partial charge in [0.05, 0.1) is 4.90 Å². The van der Waals surface area contributed by atoms with Crippen LogP contribution < -0.4 is 10.0 Å². The van der Waals surface area contributed by atoms with Crippen molar-refractivity contribution in [3.8, 4) is 0 Å². The number of aromatic amines is 1. The third-order valence-electron chi connectivity index (χ3n) is 2.73. The van der Waals surface area contributed by atoms with Crippen LogP contribution in [-0.4, -0.2) is 41.0 Å². The molecular formula is C11H13FN6O3S. The molecular weight excluding hydrogens is 315 g/mol. The maximum absolute atomic E-state index is 12.8. The minimum atomic E-state index is -3.95. The maximum Gasteiger partial charge on any atom is 0.269 e. The molecule has 0 bridgehead atoms. The summed E-state index contributed by atoms with van der Waals surface area (Å²) in [6.45, 7) is 1.63. The smallest absolute Gasteiger partial charge is 0.269 e. The Kier molecular flexibility index (Phi) is 4.78. The minimum absolute atomic E-state index is 0.0653. The summed E-state index contributed by atoms with van der Waals surface area (Å²) in [7, 11) is -3.95. The molecule has 0 saturated carbocycles. The molecule has 0 saturated heterocycles. The Balaban J connectivity index is 2.11. The van der Waals surface area contributed by atoms with Gasteiger partial charge < -0.3 is 0 Å². The van der Waals surface area contributed by atoms with Gasteiger partial charge in [0.1, 0.15) is 11.9 Å². The van der Waals surface area contributed by atoms with Gasteiger partial charge in [-0.2, -0.15) is 9.94 Å². The monoisotopic (exact) mass is 328 g/mol. The standard InChI is InChI=1S/C11H13FN6O3S/c1-2-9(10(19)13-11-14-17-18-15-11)16-22(20,21)8-5-3-7(12)4-6-8/h3-6,9,16H,2H2,1H3,(H2,13,14,15,17,18,19). The number of aromatic nitrogens is 4. The molecule has 0 aliphatic heterocycles. The average molecular weight is 328 g/mol. The molecule has 0 spiro atoms. The summed E-state index contributed by atoms with van der Waals surface area (Å²) < 4.78 is 39.4. The van der Waals surface area contributed by atoms with Crippen LogP contribution in [0.2, 0.25) is 0 Å². The van der Waals surface area contributed by atoms with Gasteiger partial charge in [-0.3, -0.25) is 10.1 Å². The van der Waals surface area contributed by atoms with Crippen molar-refractivity contribution in [2.75, 3.05) is 5.32 Å². The van der Waals surface area contributed by atoms with Gasteiger partial charge in [-0.25, -0.2) is 12.8 Å². The van der Waals surface area contributed by atoms with E-state index in [1.54, 1.807) is 6.92 Å². The minimum Gasteiger partial charge on any atom is -0.290 e. The highest BCUT2D eigenvalue weighted by Gasteiger charge is 2.25. The molecule has 11 heteroatoms. The summed E-state index contributed by atoms with van der Waals surface area (Å²) in [5, 5.41) is 14.8. The number of carbonyl (C=O) groups excluding carboxylic acids is 1. The number of hydrogen-bond donors (Lipinski definition) is 3. The zero-order valence-electron chi connectivity index (χ0n) is 11.4. The van der Waals surface area contributed by atoms with Crippen LogP contribution in [0.5, 0.6) is 0 Å². The molecule has 2 aromatic rings. The van der Waals surface area contributed by atoms with Crippen molar-refractivity contribution in [1.82, 2.24) is 25.3 Å². The summed E-state index contributed by atoms with van der Waals surface area (Å²) in [5.41, 5.74) is 0. The number of nitrogens with zero attached hydrogens (tertiary/aromatic N) is 3. The second-order valence-electron chi connectivity index (χ2n) is 4.26. The van der Waals surface area contributed by atoms with Gasteiger partial charge in [-0.15, -0.1) is 5.10 Å². The fraction of sp³-hybridized carbons (Fsp3) is 0.273. The van der Waals surface area contributed by atoms with E-state index in [4.69, 9.17) is 0 Å². The fourth-order valence-electron chi connectivity index (χ4n) is 1.60. The van der Waals surface area contributed by atoms with Crippen molar-refractivity contribution in [3.05, 3.63) is 30.1 Å². The molecule has 1 heterocycles. The molecule has 9 nitrogen and oxygen atoms in total. The number of sulfonamides is 1. The van der Waals surface area contributed by atoms with E-state index in [-0.39, 0.29) is 17.3 Å². The molecule has 0 aliphatic rings. The van der Waals surface area contributed by atoms with E-state index in [1.165, 1.54) is 0 Å². The Morgan fingerprint density at radius 2 is 2.05 bits per heavy atom. The highest BCUT2D eigenvalue weighted by Crippen LogP contribution is 2.11. The average Bonchev–Trinajstić information content (AvgIpc) is 2.98. The lowest BCUT2D eigenvalue weighted by atomic mass is 10.2. The van der Waals surface area contributed by atoms with Gasteiger partial charge in [0.25, 0.3) is 5.95 Å². The lowest BCUT2D eigenvalue weighted by molar-refractivity contribution is -0.117.